The van der Waals surface area contributed by atoms with Gasteiger partial charge in [-0.2, -0.15) is 16.7 Å². The van der Waals surface area contributed by atoms with Crippen molar-refractivity contribution in [3.63, 3.8) is 0 Å². The van der Waals surface area contributed by atoms with Crippen molar-refractivity contribution in [2.75, 3.05) is 5.75 Å². The van der Waals surface area contributed by atoms with E-state index in [1.807, 2.05) is 11.8 Å². The van der Waals surface area contributed by atoms with Crippen molar-refractivity contribution in [1.82, 2.24) is 10.1 Å². The number of hydrogen-bond donors (Lipinski definition) is 1. The Morgan fingerprint density at radius 2 is 2.46 bits per heavy atom. The molecule has 4 nitrogen and oxygen atoms in total. The predicted octanol–water partition coefficient (Wildman–Crippen LogP) is 1.49. The van der Waals surface area contributed by atoms with Crippen LogP contribution in [0, 0.1) is 0 Å². The molecule has 1 aliphatic rings. The molecule has 0 radical (unpaired) electrons. The molecule has 1 aromatic heterocycles. The molecule has 1 atom stereocenters. The Morgan fingerprint density at radius 3 is 3.08 bits per heavy atom. The van der Waals surface area contributed by atoms with Gasteiger partial charge in [-0.1, -0.05) is 11.6 Å². The average Bonchev–Trinajstić information content (AvgIpc) is 2.67. The summed E-state index contributed by atoms with van der Waals surface area (Å²) in [5, 5.41) is 4.35. The fraction of sp³-hybridized carbons (Fsp3) is 0.750. The SMILES string of the molecule is NCc1nc(C2CCCCS2)no1. The van der Waals surface area contributed by atoms with Crippen LogP contribution in [0.4, 0.5) is 0 Å². The maximum atomic E-state index is 5.39. The van der Waals surface area contributed by atoms with Crippen molar-refractivity contribution in [2.24, 2.45) is 5.73 Å². The molecule has 1 fully saturated rings. The Bertz CT molecular complexity index is 270. The summed E-state index contributed by atoms with van der Waals surface area (Å²) >= 11 is 1.91. The Balaban J connectivity index is 2.05. The summed E-state index contributed by atoms with van der Waals surface area (Å²) in [6, 6.07) is 0. The van der Waals surface area contributed by atoms with Crippen molar-refractivity contribution in [2.45, 2.75) is 31.1 Å². The first-order valence-electron chi connectivity index (χ1n) is 4.54. The van der Waals surface area contributed by atoms with Crippen molar-refractivity contribution in [3.8, 4) is 0 Å². The van der Waals surface area contributed by atoms with Crippen LogP contribution >= 0.6 is 11.8 Å². The molecule has 2 heterocycles. The highest BCUT2D eigenvalue weighted by molar-refractivity contribution is 7.99. The second-order valence-electron chi connectivity index (χ2n) is 3.11. The molecule has 13 heavy (non-hydrogen) atoms. The molecular formula is C8H13N3OS. The van der Waals surface area contributed by atoms with Gasteiger partial charge < -0.3 is 10.3 Å². The zero-order chi connectivity index (χ0) is 9.10. The van der Waals surface area contributed by atoms with Crippen LogP contribution in [0.15, 0.2) is 4.52 Å². The zero-order valence-electron chi connectivity index (χ0n) is 7.40. The molecule has 1 aromatic rings. The molecular weight excluding hydrogens is 186 g/mol. The van der Waals surface area contributed by atoms with Crippen LogP contribution < -0.4 is 5.73 Å². The van der Waals surface area contributed by atoms with E-state index in [9.17, 15) is 0 Å². The fourth-order valence-corrected chi connectivity index (χ4v) is 2.66. The molecule has 1 unspecified atom stereocenters. The van der Waals surface area contributed by atoms with Gasteiger partial charge >= 0.3 is 0 Å². The lowest BCUT2D eigenvalue weighted by molar-refractivity contribution is 0.373. The molecule has 0 aromatic carbocycles. The smallest absolute Gasteiger partial charge is 0.240 e. The summed E-state index contributed by atoms with van der Waals surface area (Å²) in [6.45, 7) is 0.338. The molecule has 5 heteroatoms. The number of hydrogen-bond acceptors (Lipinski definition) is 5. The second kappa shape index (κ2) is 4.11. The Morgan fingerprint density at radius 1 is 1.54 bits per heavy atom. The van der Waals surface area contributed by atoms with E-state index >= 15 is 0 Å². The minimum Gasteiger partial charge on any atom is -0.338 e. The first-order valence-corrected chi connectivity index (χ1v) is 5.59. The van der Waals surface area contributed by atoms with Crippen LogP contribution in [0.1, 0.15) is 36.2 Å². The topological polar surface area (TPSA) is 64.9 Å². The molecule has 0 amide bonds. The van der Waals surface area contributed by atoms with Gasteiger partial charge in [0.05, 0.1) is 11.8 Å². The second-order valence-corrected chi connectivity index (χ2v) is 4.42. The highest BCUT2D eigenvalue weighted by Gasteiger charge is 2.20. The molecule has 0 saturated carbocycles. The van der Waals surface area contributed by atoms with Crippen molar-refractivity contribution in [3.05, 3.63) is 11.7 Å². The fourth-order valence-electron chi connectivity index (χ4n) is 1.43. The number of aromatic nitrogens is 2. The van der Waals surface area contributed by atoms with Crippen LogP contribution in [0.3, 0.4) is 0 Å². The van der Waals surface area contributed by atoms with Crippen molar-refractivity contribution >= 4 is 11.8 Å². The minimum absolute atomic E-state index is 0.338. The Kier molecular flexibility index (Phi) is 2.85. The lowest BCUT2D eigenvalue weighted by Gasteiger charge is -2.17. The lowest BCUT2D eigenvalue weighted by atomic mass is 10.2. The normalized spacial score (nSPS) is 23.3. The summed E-state index contributed by atoms with van der Waals surface area (Å²) in [5.74, 6) is 2.57. The largest absolute Gasteiger partial charge is 0.338 e. The standard InChI is InChI=1S/C8H13N3OS/c9-5-7-10-8(11-12-7)6-3-1-2-4-13-6/h6H,1-5,9H2. The molecule has 0 bridgehead atoms. The van der Waals surface area contributed by atoms with E-state index < -0.39 is 0 Å². The van der Waals surface area contributed by atoms with Gasteiger partial charge in [0.2, 0.25) is 5.89 Å². The Hall–Kier alpha value is -0.550. The Labute approximate surface area is 81.3 Å². The summed E-state index contributed by atoms with van der Waals surface area (Å²) < 4.78 is 4.97. The molecule has 0 aliphatic carbocycles. The maximum Gasteiger partial charge on any atom is 0.240 e. The first-order chi connectivity index (χ1) is 6.40. The van der Waals surface area contributed by atoms with E-state index in [0.717, 1.165) is 12.2 Å². The summed E-state index contributed by atoms with van der Waals surface area (Å²) in [7, 11) is 0. The van der Waals surface area contributed by atoms with Crippen molar-refractivity contribution < 1.29 is 4.52 Å². The van der Waals surface area contributed by atoms with E-state index in [-0.39, 0.29) is 0 Å². The molecule has 72 valence electrons. The lowest BCUT2D eigenvalue weighted by Crippen LogP contribution is -2.04. The van der Waals surface area contributed by atoms with Crippen LogP contribution in [-0.4, -0.2) is 15.9 Å². The third kappa shape index (κ3) is 2.03. The number of nitrogens with two attached hydrogens (primary N) is 1. The van der Waals surface area contributed by atoms with Gasteiger partial charge in [0.25, 0.3) is 0 Å². The van der Waals surface area contributed by atoms with E-state index in [1.54, 1.807) is 0 Å². The van der Waals surface area contributed by atoms with Gasteiger partial charge in [-0.15, -0.1) is 0 Å². The van der Waals surface area contributed by atoms with Gasteiger partial charge in [-0.3, -0.25) is 0 Å². The van der Waals surface area contributed by atoms with E-state index in [4.69, 9.17) is 10.3 Å². The molecule has 0 spiro atoms. The maximum absolute atomic E-state index is 5.39. The highest BCUT2D eigenvalue weighted by atomic mass is 32.2. The number of thioether (sulfide) groups is 1. The van der Waals surface area contributed by atoms with Crippen LogP contribution in [0.5, 0.6) is 0 Å². The zero-order valence-corrected chi connectivity index (χ0v) is 8.22. The molecule has 1 saturated heterocycles. The van der Waals surface area contributed by atoms with Gasteiger partial charge in [0, 0.05) is 0 Å². The number of nitrogens with zero attached hydrogens (tertiary/aromatic N) is 2. The molecule has 2 N–H and O–H groups in total. The van der Waals surface area contributed by atoms with Crippen LogP contribution in [0.2, 0.25) is 0 Å². The van der Waals surface area contributed by atoms with Gasteiger partial charge in [0.15, 0.2) is 5.82 Å². The van der Waals surface area contributed by atoms with Crippen LogP contribution in [0.25, 0.3) is 0 Å². The van der Waals surface area contributed by atoms with Crippen molar-refractivity contribution in [1.29, 1.82) is 0 Å². The highest BCUT2D eigenvalue weighted by Crippen LogP contribution is 2.36. The monoisotopic (exact) mass is 199 g/mol. The van der Waals surface area contributed by atoms with E-state index in [1.165, 1.54) is 18.6 Å². The van der Waals surface area contributed by atoms with Gasteiger partial charge in [-0.25, -0.2) is 0 Å². The minimum atomic E-state index is 0.338. The van der Waals surface area contributed by atoms with E-state index in [2.05, 4.69) is 10.1 Å². The third-order valence-electron chi connectivity index (χ3n) is 2.13. The average molecular weight is 199 g/mol. The molecule has 2 rings (SSSR count). The van der Waals surface area contributed by atoms with E-state index in [0.29, 0.717) is 17.7 Å². The van der Waals surface area contributed by atoms with Gasteiger partial charge in [0.1, 0.15) is 0 Å². The summed E-state index contributed by atoms with van der Waals surface area (Å²) in [5.41, 5.74) is 5.39. The third-order valence-corrected chi connectivity index (χ3v) is 3.50. The molecule has 1 aliphatic heterocycles. The number of rotatable bonds is 2. The van der Waals surface area contributed by atoms with Crippen LogP contribution in [-0.2, 0) is 6.54 Å². The summed E-state index contributed by atoms with van der Waals surface area (Å²) in [4.78, 5) is 4.23. The summed E-state index contributed by atoms with van der Waals surface area (Å²) in [6.07, 6.45) is 3.74. The van der Waals surface area contributed by atoms with Gasteiger partial charge in [-0.05, 0) is 18.6 Å². The first kappa shape index (κ1) is 9.02. The predicted molar refractivity (Wildman–Crippen MR) is 51.2 cm³/mol. The quantitative estimate of drug-likeness (QED) is 0.781.